The summed E-state index contributed by atoms with van der Waals surface area (Å²) in [6, 6.07) is 4.94. The number of carbonyl (C=O) groups is 2. The van der Waals surface area contributed by atoms with Crippen molar-refractivity contribution in [3.05, 3.63) is 23.9 Å². The molecule has 1 atom stereocenters. The van der Waals surface area contributed by atoms with Crippen molar-refractivity contribution < 1.29 is 14.7 Å². The first kappa shape index (κ1) is 16.2. The van der Waals surface area contributed by atoms with Crippen LogP contribution in [0.15, 0.2) is 18.3 Å². The van der Waals surface area contributed by atoms with Crippen molar-refractivity contribution in [1.29, 1.82) is 5.26 Å². The number of anilines is 1. The average molecular weight is 328 g/mol. The van der Waals surface area contributed by atoms with Crippen molar-refractivity contribution >= 4 is 17.7 Å². The summed E-state index contributed by atoms with van der Waals surface area (Å²) in [5, 5.41) is 18.2. The molecule has 1 unspecified atom stereocenters. The number of pyridine rings is 1. The summed E-state index contributed by atoms with van der Waals surface area (Å²) >= 11 is 0. The van der Waals surface area contributed by atoms with Gasteiger partial charge < -0.3 is 14.9 Å². The number of aliphatic carboxylic acids is 1. The van der Waals surface area contributed by atoms with Crippen LogP contribution in [0.4, 0.5) is 5.82 Å². The lowest BCUT2D eigenvalue weighted by Gasteiger charge is -2.39. The molecule has 0 radical (unpaired) electrons. The number of carboxylic acids is 1. The van der Waals surface area contributed by atoms with Crippen molar-refractivity contribution in [1.82, 2.24) is 9.88 Å². The van der Waals surface area contributed by atoms with Gasteiger partial charge in [0.05, 0.1) is 5.56 Å². The standard InChI is InChI=1S/C17H20N4O3/c1-12(22)21-11-17(8-14(21)16(23)24)4-6-20(7-5-17)15-3-2-13(9-18)10-19-15/h2-3,10,14H,4-8,11H2,1H3,(H,23,24). The van der Waals surface area contributed by atoms with E-state index in [-0.39, 0.29) is 11.3 Å². The number of carboxylic acid groups (broad SMARTS) is 1. The van der Waals surface area contributed by atoms with E-state index in [2.05, 4.69) is 16.0 Å². The van der Waals surface area contributed by atoms with Crippen LogP contribution >= 0.6 is 0 Å². The summed E-state index contributed by atoms with van der Waals surface area (Å²) in [5.41, 5.74) is 0.419. The van der Waals surface area contributed by atoms with Gasteiger partial charge in [-0.25, -0.2) is 9.78 Å². The molecular weight excluding hydrogens is 308 g/mol. The highest BCUT2D eigenvalue weighted by molar-refractivity contribution is 5.83. The Hall–Kier alpha value is -2.62. The quantitative estimate of drug-likeness (QED) is 0.877. The van der Waals surface area contributed by atoms with Gasteiger partial charge in [0.15, 0.2) is 0 Å². The zero-order chi connectivity index (χ0) is 17.3. The first-order valence-electron chi connectivity index (χ1n) is 8.05. The van der Waals surface area contributed by atoms with E-state index in [0.717, 1.165) is 31.7 Å². The topological polar surface area (TPSA) is 97.5 Å². The van der Waals surface area contributed by atoms with Gasteiger partial charge in [-0.1, -0.05) is 0 Å². The number of amides is 1. The molecule has 0 saturated carbocycles. The Kier molecular flexibility index (Phi) is 4.14. The zero-order valence-electron chi connectivity index (χ0n) is 13.6. The molecule has 1 amide bonds. The lowest BCUT2D eigenvalue weighted by atomic mass is 9.76. The fraction of sp³-hybridized carbons (Fsp3) is 0.529. The number of nitrogens with zero attached hydrogens (tertiary/aromatic N) is 4. The predicted octanol–water partition coefficient (Wildman–Crippen LogP) is 1.25. The number of aromatic nitrogens is 1. The molecule has 2 aliphatic heterocycles. The molecule has 1 spiro atoms. The minimum atomic E-state index is -0.918. The second-order valence-electron chi connectivity index (χ2n) is 6.71. The van der Waals surface area contributed by atoms with Crippen LogP contribution in [0, 0.1) is 16.7 Å². The minimum absolute atomic E-state index is 0.113. The van der Waals surface area contributed by atoms with E-state index in [1.807, 2.05) is 6.07 Å². The van der Waals surface area contributed by atoms with Crippen LogP contribution in [-0.4, -0.2) is 52.5 Å². The number of hydrogen-bond acceptors (Lipinski definition) is 5. The van der Waals surface area contributed by atoms with Gasteiger partial charge in [0.2, 0.25) is 5.91 Å². The smallest absolute Gasteiger partial charge is 0.326 e. The lowest BCUT2D eigenvalue weighted by molar-refractivity contribution is -0.147. The molecule has 1 N–H and O–H groups in total. The summed E-state index contributed by atoms with van der Waals surface area (Å²) < 4.78 is 0. The van der Waals surface area contributed by atoms with Gasteiger partial charge in [-0.3, -0.25) is 4.79 Å². The third-order valence-electron chi connectivity index (χ3n) is 5.22. The van der Waals surface area contributed by atoms with E-state index < -0.39 is 12.0 Å². The van der Waals surface area contributed by atoms with Crippen LogP contribution in [0.2, 0.25) is 0 Å². The van der Waals surface area contributed by atoms with Crippen LogP contribution in [0.1, 0.15) is 31.7 Å². The van der Waals surface area contributed by atoms with Gasteiger partial charge >= 0.3 is 5.97 Å². The molecular formula is C17H20N4O3. The van der Waals surface area contributed by atoms with Crippen molar-refractivity contribution in [3.63, 3.8) is 0 Å². The maximum absolute atomic E-state index is 11.7. The normalized spacial score (nSPS) is 22.4. The molecule has 1 aromatic rings. The van der Waals surface area contributed by atoms with Crippen molar-refractivity contribution in [2.24, 2.45) is 5.41 Å². The van der Waals surface area contributed by atoms with E-state index in [0.29, 0.717) is 18.5 Å². The molecule has 0 aromatic carbocycles. The second-order valence-corrected chi connectivity index (χ2v) is 6.71. The van der Waals surface area contributed by atoms with E-state index in [9.17, 15) is 14.7 Å². The van der Waals surface area contributed by atoms with E-state index in [1.165, 1.54) is 11.8 Å². The molecule has 126 valence electrons. The maximum atomic E-state index is 11.7. The molecule has 0 bridgehead atoms. The summed E-state index contributed by atoms with van der Waals surface area (Å²) in [5.74, 6) is -0.256. The minimum Gasteiger partial charge on any atom is -0.480 e. The molecule has 7 heteroatoms. The summed E-state index contributed by atoms with van der Waals surface area (Å²) in [4.78, 5) is 31.2. The van der Waals surface area contributed by atoms with Crippen LogP contribution in [0.5, 0.6) is 0 Å². The Morgan fingerprint density at radius 1 is 1.38 bits per heavy atom. The molecule has 2 fully saturated rings. The molecule has 1 aromatic heterocycles. The van der Waals surface area contributed by atoms with Crippen molar-refractivity contribution in [2.45, 2.75) is 32.2 Å². The van der Waals surface area contributed by atoms with Gasteiger partial charge in [0.1, 0.15) is 17.9 Å². The second kappa shape index (κ2) is 6.11. The number of nitriles is 1. The number of carbonyl (C=O) groups excluding carboxylic acids is 1. The van der Waals surface area contributed by atoms with Crippen LogP contribution in [-0.2, 0) is 9.59 Å². The van der Waals surface area contributed by atoms with E-state index >= 15 is 0 Å². The molecule has 2 aliphatic rings. The largest absolute Gasteiger partial charge is 0.480 e. The molecule has 24 heavy (non-hydrogen) atoms. The molecule has 3 heterocycles. The van der Waals surface area contributed by atoms with Gasteiger partial charge in [-0.2, -0.15) is 5.26 Å². The number of piperidine rings is 1. The van der Waals surface area contributed by atoms with Gasteiger partial charge in [0, 0.05) is 32.8 Å². The van der Waals surface area contributed by atoms with Crippen LogP contribution in [0.3, 0.4) is 0 Å². The van der Waals surface area contributed by atoms with E-state index in [1.54, 1.807) is 12.3 Å². The van der Waals surface area contributed by atoms with Gasteiger partial charge in [-0.15, -0.1) is 0 Å². The zero-order valence-corrected chi connectivity index (χ0v) is 13.6. The lowest BCUT2D eigenvalue weighted by Crippen LogP contribution is -2.42. The summed E-state index contributed by atoms with van der Waals surface area (Å²) in [6.07, 6.45) is 3.76. The fourth-order valence-corrected chi connectivity index (χ4v) is 3.82. The fourth-order valence-electron chi connectivity index (χ4n) is 3.82. The highest BCUT2D eigenvalue weighted by Crippen LogP contribution is 2.44. The average Bonchev–Trinajstić information content (AvgIpc) is 2.96. The third-order valence-corrected chi connectivity index (χ3v) is 5.22. The first-order valence-corrected chi connectivity index (χ1v) is 8.05. The third kappa shape index (κ3) is 2.92. The monoisotopic (exact) mass is 328 g/mol. The number of hydrogen-bond donors (Lipinski definition) is 1. The Labute approximate surface area is 140 Å². The predicted molar refractivity (Wildman–Crippen MR) is 86.3 cm³/mol. The van der Waals surface area contributed by atoms with Gasteiger partial charge in [-0.05, 0) is 36.8 Å². The van der Waals surface area contributed by atoms with Gasteiger partial charge in [0.25, 0.3) is 0 Å². The van der Waals surface area contributed by atoms with Crippen LogP contribution in [0.25, 0.3) is 0 Å². The molecule has 2 saturated heterocycles. The number of rotatable bonds is 2. The Bertz CT molecular complexity index is 663. The van der Waals surface area contributed by atoms with Crippen LogP contribution < -0.4 is 4.90 Å². The Morgan fingerprint density at radius 3 is 2.54 bits per heavy atom. The first-order chi connectivity index (χ1) is 11.4. The van der Waals surface area contributed by atoms with Crippen molar-refractivity contribution in [2.75, 3.05) is 24.5 Å². The summed E-state index contributed by atoms with van der Waals surface area (Å²) in [6.45, 7) is 3.51. The Morgan fingerprint density at radius 2 is 2.08 bits per heavy atom. The van der Waals surface area contributed by atoms with Crippen molar-refractivity contribution in [3.8, 4) is 6.07 Å². The summed E-state index contributed by atoms with van der Waals surface area (Å²) in [7, 11) is 0. The van der Waals surface area contributed by atoms with E-state index in [4.69, 9.17) is 5.26 Å². The molecule has 0 aliphatic carbocycles. The molecule has 3 rings (SSSR count). The highest BCUT2D eigenvalue weighted by atomic mass is 16.4. The SMILES string of the molecule is CC(=O)N1CC2(CCN(c3ccc(C#N)cn3)CC2)CC1C(=O)O. The Balaban J connectivity index is 1.69. The highest BCUT2D eigenvalue weighted by Gasteiger charge is 2.49. The number of likely N-dealkylation sites (tertiary alicyclic amines) is 1. The maximum Gasteiger partial charge on any atom is 0.326 e. The molecule has 7 nitrogen and oxygen atoms in total.